The molecule has 0 aliphatic carbocycles. The van der Waals surface area contributed by atoms with E-state index in [0.717, 1.165) is 18.5 Å². The number of urea groups is 1. The molecule has 2 aromatic carbocycles. The molecule has 0 aliphatic heterocycles. The van der Waals surface area contributed by atoms with Crippen molar-refractivity contribution in [1.82, 2.24) is 15.0 Å². The molecule has 0 fully saturated rings. The molecule has 0 aliphatic rings. The minimum Gasteiger partial charge on any atom is -0.424 e. The molecule has 2 heterocycles. The topological polar surface area (TPSA) is 149 Å². The molecule has 4 N–H and O–H groups in total. The molecule has 15 heteroatoms. The number of aromatic nitrogens is 3. The van der Waals surface area contributed by atoms with Gasteiger partial charge in [-0.05, 0) is 42.0 Å². The number of nitrogens with two attached hydrogens (primary N) is 1. The number of benzene rings is 2. The second-order valence-electron chi connectivity index (χ2n) is 8.03. The van der Waals surface area contributed by atoms with Gasteiger partial charge in [-0.15, -0.1) is 0 Å². The summed E-state index contributed by atoms with van der Waals surface area (Å²) in [6.45, 7) is 0. The Hall–Kier alpha value is -4.79. The van der Waals surface area contributed by atoms with Gasteiger partial charge < -0.3 is 21.1 Å². The first-order valence-corrected chi connectivity index (χ1v) is 12.7. The highest BCUT2D eigenvalue weighted by molar-refractivity contribution is 7.90. The molecule has 202 valence electrons. The predicted molar refractivity (Wildman–Crippen MR) is 133 cm³/mol. The third-order valence-electron chi connectivity index (χ3n) is 5.10. The molecule has 39 heavy (non-hydrogen) atoms. The molecular formula is C24H18F4N6O4S. The van der Waals surface area contributed by atoms with E-state index in [2.05, 4.69) is 25.6 Å². The number of amides is 2. The highest BCUT2D eigenvalue weighted by Gasteiger charge is 2.32. The number of anilines is 3. The standard InChI is InChI=1S/C24H18F4N6O4S/c1-39(36,37)20-7-4-14(24(26,27)28)8-19(20)34-22(35)33-16-11-31-23(32-12-16)38-17-5-2-13(3-6-17)18-9-15(25)10-30-21(18)29/h2-12H,1H3,(H2,29,30)(H2,33,34,35). The maximum atomic E-state index is 13.5. The summed E-state index contributed by atoms with van der Waals surface area (Å²) in [5, 5.41) is 4.40. The maximum absolute atomic E-state index is 13.5. The van der Waals surface area contributed by atoms with E-state index < -0.39 is 44.0 Å². The van der Waals surface area contributed by atoms with E-state index in [1.165, 1.54) is 18.5 Å². The number of hydrogen-bond acceptors (Lipinski definition) is 8. The van der Waals surface area contributed by atoms with Crippen LogP contribution in [0.3, 0.4) is 0 Å². The summed E-state index contributed by atoms with van der Waals surface area (Å²) in [7, 11) is -3.95. The highest BCUT2D eigenvalue weighted by atomic mass is 32.2. The average molecular weight is 563 g/mol. The molecule has 0 spiro atoms. The first-order chi connectivity index (χ1) is 18.3. The number of carbonyl (C=O) groups excluding carboxylic acids is 1. The Labute approximate surface area is 218 Å². The van der Waals surface area contributed by atoms with Crippen LogP contribution in [-0.2, 0) is 16.0 Å². The van der Waals surface area contributed by atoms with E-state index in [-0.39, 0.29) is 17.5 Å². The lowest BCUT2D eigenvalue weighted by molar-refractivity contribution is -0.137. The van der Waals surface area contributed by atoms with Crippen LogP contribution >= 0.6 is 0 Å². The van der Waals surface area contributed by atoms with Gasteiger partial charge in [-0.25, -0.2) is 32.6 Å². The van der Waals surface area contributed by atoms with Gasteiger partial charge in [-0.2, -0.15) is 13.2 Å². The second kappa shape index (κ2) is 10.5. The highest BCUT2D eigenvalue weighted by Crippen LogP contribution is 2.34. The number of nitrogens with zero attached hydrogens (tertiary/aromatic N) is 3. The zero-order valence-corrected chi connectivity index (χ0v) is 20.6. The summed E-state index contributed by atoms with van der Waals surface area (Å²) in [4.78, 5) is 23.5. The Morgan fingerprint density at radius 1 is 0.949 bits per heavy atom. The van der Waals surface area contributed by atoms with E-state index in [1.807, 2.05) is 0 Å². The average Bonchev–Trinajstić information content (AvgIpc) is 2.86. The molecule has 0 saturated carbocycles. The third-order valence-corrected chi connectivity index (χ3v) is 6.26. The zero-order valence-electron chi connectivity index (χ0n) is 19.8. The van der Waals surface area contributed by atoms with Gasteiger partial charge in [0.15, 0.2) is 9.84 Å². The van der Waals surface area contributed by atoms with Crippen LogP contribution in [0.2, 0.25) is 0 Å². The van der Waals surface area contributed by atoms with Gasteiger partial charge in [-0.3, -0.25) is 0 Å². The van der Waals surface area contributed by atoms with Crippen molar-refractivity contribution in [2.75, 3.05) is 22.6 Å². The Morgan fingerprint density at radius 2 is 1.62 bits per heavy atom. The van der Waals surface area contributed by atoms with Gasteiger partial charge in [0, 0.05) is 11.8 Å². The van der Waals surface area contributed by atoms with Crippen molar-refractivity contribution in [2.24, 2.45) is 0 Å². The van der Waals surface area contributed by atoms with Gasteiger partial charge >= 0.3 is 18.2 Å². The Balaban J connectivity index is 1.43. The van der Waals surface area contributed by atoms with Crippen molar-refractivity contribution in [3.05, 3.63) is 78.5 Å². The SMILES string of the molecule is CS(=O)(=O)c1ccc(C(F)(F)F)cc1NC(=O)Nc1cnc(Oc2ccc(-c3cc(F)cnc3N)cc2)nc1. The molecule has 4 rings (SSSR count). The summed E-state index contributed by atoms with van der Waals surface area (Å²) < 4.78 is 82.1. The minimum atomic E-state index is -4.75. The van der Waals surface area contributed by atoms with Crippen LogP contribution in [-0.4, -0.2) is 35.7 Å². The van der Waals surface area contributed by atoms with E-state index in [4.69, 9.17) is 10.5 Å². The molecule has 0 radical (unpaired) electrons. The zero-order chi connectivity index (χ0) is 28.4. The van der Waals surface area contributed by atoms with Crippen molar-refractivity contribution in [1.29, 1.82) is 0 Å². The van der Waals surface area contributed by atoms with Crippen LogP contribution in [0.1, 0.15) is 5.56 Å². The van der Waals surface area contributed by atoms with Crippen molar-refractivity contribution in [3.8, 4) is 22.9 Å². The summed E-state index contributed by atoms with van der Waals surface area (Å²) >= 11 is 0. The third kappa shape index (κ3) is 6.75. The number of carbonyl (C=O) groups is 1. The molecule has 2 amide bonds. The molecule has 10 nitrogen and oxygen atoms in total. The number of halogens is 4. The predicted octanol–water partition coefficient (Wildman–Crippen LogP) is 5.12. The normalized spacial score (nSPS) is 11.6. The fourth-order valence-electron chi connectivity index (χ4n) is 3.33. The molecule has 0 bridgehead atoms. The first-order valence-electron chi connectivity index (χ1n) is 10.8. The fraction of sp³-hybridized carbons (Fsp3) is 0.0833. The van der Waals surface area contributed by atoms with Gasteiger partial charge in [0.1, 0.15) is 17.4 Å². The Morgan fingerprint density at radius 3 is 2.23 bits per heavy atom. The smallest absolute Gasteiger partial charge is 0.416 e. The number of alkyl halides is 3. The Kier molecular flexibility index (Phi) is 7.36. The Bertz CT molecular complexity index is 1630. The molecule has 0 unspecified atom stereocenters. The van der Waals surface area contributed by atoms with Gasteiger partial charge in [-0.1, -0.05) is 12.1 Å². The van der Waals surface area contributed by atoms with Crippen molar-refractivity contribution in [2.45, 2.75) is 11.1 Å². The van der Waals surface area contributed by atoms with Gasteiger partial charge in [0.2, 0.25) is 0 Å². The van der Waals surface area contributed by atoms with E-state index >= 15 is 0 Å². The molecule has 4 aromatic rings. The maximum Gasteiger partial charge on any atom is 0.416 e. The molecular weight excluding hydrogens is 544 g/mol. The lowest BCUT2D eigenvalue weighted by atomic mass is 10.1. The minimum absolute atomic E-state index is 0.0390. The number of nitrogen functional groups attached to an aromatic ring is 1. The number of sulfone groups is 1. The van der Waals surface area contributed by atoms with E-state index in [1.54, 1.807) is 24.3 Å². The molecule has 0 saturated heterocycles. The first kappa shape index (κ1) is 27.3. The summed E-state index contributed by atoms with van der Waals surface area (Å²) in [6, 6.07) is 8.39. The number of rotatable bonds is 6. The second-order valence-corrected chi connectivity index (χ2v) is 10.0. The summed E-state index contributed by atoms with van der Waals surface area (Å²) in [5.74, 6) is -0.0555. The number of ether oxygens (including phenoxy) is 1. The van der Waals surface area contributed by atoms with Crippen LogP contribution in [0.4, 0.5) is 39.5 Å². The van der Waals surface area contributed by atoms with Crippen LogP contribution < -0.4 is 21.1 Å². The van der Waals surface area contributed by atoms with Gasteiger partial charge in [0.25, 0.3) is 0 Å². The van der Waals surface area contributed by atoms with E-state index in [9.17, 15) is 30.8 Å². The van der Waals surface area contributed by atoms with Crippen molar-refractivity contribution < 1.29 is 35.5 Å². The van der Waals surface area contributed by atoms with Gasteiger partial charge in [0.05, 0.1) is 40.4 Å². The monoisotopic (exact) mass is 562 g/mol. The van der Waals surface area contributed by atoms with Crippen LogP contribution in [0.5, 0.6) is 11.8 Å². The molecule has 2 aromatic heterocycles. The quantitative estimate of drug-likeness (QED) is 0.274. The van der Waals surface area contributed by atoms with Crippen LogP contribution in [0.25, 0.3) is 11.1 Å². The molecule has 0 atom stereocenters. The number of nitrogens with one attached hydrogen (secondary N) is 2. The largest absolute Gasteiger partial charge is 0.424 e. The lowest BCUT2D eigenvalue weighted by Gasteiger charge is -2.14. The van der Waals surface area contributed by atoms with Crippen LogP contribution in [0, 0.1) is 5.82 Å². The number of hydrogen-bond donors (Lipinski definition) is 3. The fourth-order valence-corrected chi connectivity index (χ4v) is 4.16. The van der Waals surface area contributed by atoms with Crippen LogP contribution in [0.15, 0.2) is 72.0 Å². The van der Waals surface area contributed by atoms with Crippen molar-refractivity contribution in [3.63, 3.8) is 0 Å². The lowest BCUT2D eigenvalue weighted by Crippen LogP contribution is -2.21. The number of pyridine rings is 1. The summed E-state index contributed by atoms with van der Waals surface area (Å²) in [6.07, 6.45) is -0.615. The van der Waals surface area contributed by atoms with Crippen molar-refractivity contribution >= 4 is 33.1 Å². The van der Waals surface area contributed by atoms with E-state index in [0.29, 0.717) is 29.0 Å². The summed E-state index contributed by atoms with van der Waals surface area (Å²) in [5.41, 5.74) is 5.14.